The van der Waals surface area contributed by atoms with E-state index in [1.165, 1.54) is 73.7 Å². The van der Waals surface area contributed by atoms with Crippen LogP contribution in [0.15, 0.2) is 56.7 Å². The van der Waals surface area contributed by atoms with E-state index >= 15 is 0 Å². The van der Waals surface area contributed by atoms with Gasteiger partial charge in [0.15, 0.2) is 21.1 Å². The summed E-state index contributed by atoms with van der Waals surface area (Å²) in [7, 11) is 0. The monoisotopic (exact) mass is 1090 g/mol. The van der Waals surface area contributed by atoms with Crippen LogP contribution in [0, 0.1) is 0 Å². The first-order valence-electron chi connectivity index (χ1n) is 22.8. The van der Waals surface area contributed by atoms with Crippen LogP contribution >= 0.6 is 61.8 Å². The van der Waals surface area contributed by atoms with E-state index in [1.807, 2.05) is 59.2 Å². The van der Waals surface area contributed by atoms with Crippen molar-refractivity contribution in [1.82, 2.24) is 34.6 Å². The predicted octanol–water partition coefficient (Wildman–Crippen LogP) is 11.4. The SMILES string of the molecule is BrCCN1CCCCC1.C.CC(C)Nc1nc(-c2cc(=O)c3ccc(O)c(Cl)c3[nH]2)cs1.CC(C)Nc1nc(-c2cc(=O)c3ccc(OCCN4CCN(C(=O)OC(C)(C)C)CC4)c(Cl)c3[nH]2)cs1. The molecule has 0 aliphatic carbocycles. The van der Waals surface area contributed by atoms with E-state index in [4.69, 9.17) is 32.7 Å². The van der Waals surface area contributed by atoms with Gasteiger partial charge in [-0.05, 0) is 98.7 Å². The lowest BCUT2D eigenvalue weighted by molar-refractivity contribution is 0.0137. The number of amides is 1. The van der Waals surface area contributed by atoms with Crippen LogP contribution < -0.4 is 26.2 Å². The minimum Gasteiger partial charge on any atom is -0.506 e. The van der Waals surface area contributed by atoms with Crippen LogP contribution in [0.25, 0.3) is 44.6 Å². The van der Waals surface area contributed by atoms with E-state index in [0.29, 0.717) is 81.6 Å². The molecule has 20 heteroatoms. The van der Waals surface area contributed by atoms with Gasteiger partial charge in [0.25, 0.3) is 0 Å². The van der Waals surface area contributed by atoms with E-state index in [9.17, 15) is 19.5 Å². The number of ether oxygens (including phenoxy) is 2. The Morgan fingerprint density at radius 3 is 1.80 bits per heavy atom. The maximum atomic E-state index is 12.8. The zero-order valence-corrected chi connectivity index (χ0v) is 44.4. The van der Waals surface area contributed by atoms with Gasteiger partial charge in [0.05, 0.1) is 33.8 Å². The van der Waals surface area contributed by atoms with Crippen LogP contribution in [-0.4, -0.2) is 128 Å². The number of anilines is 2. The van der Waals surface area contributed by atoms with Gasteiger partial charge in [0.2, 0.25) is 0 Å². The van der Waals surface area contributed by atoms with Crippen LogP contribution in [0.2, 0.25) is 10.0 Å². The number of phenols is 1. The highest BCUT2D eigenvalue weighted by molar-refractivity contribution is 9.09. The maximum absolute atomic E-state index is 12.8. The molecule has 0 saturated carbocycles. The molecule has 15 nitrogen and oxygen atoms in total. The van der Waals surface area contributed by atoms with Crippen LogP contribution in [0.1, 0.15) is 75.2 Å². The number of carbonyl (C=O) groups is 1. The van der Waals surface area contributed by atoms with Crippen LogP contribution in [0.3, 0.4) is 0 Å². The molecular formula is C49H66BrCl2N9O6S2. The van der Waals surface area contributed by atoms with E-state index < -0.39 is 5.60 Å². The number of nitrogens with zero attached hydrogens (tertiary/aromatic N) is 5. The molecule has 0 radical (unpaired) electrons. The molecule has 1 amide bonds. The molecule has 4 aromatic heterocycles. The number of alkyl halides is 1. The normalized spacial score (nSPS) is 14.5. The molecule has 0 bridgehead atoms. The third-order valence-electron chi connectivity index (χ3n) is 10.8. The molecule has 69 heavy (non-hydrogen) atoms. The van der Waals surface area contributed by atoms with E-state index in [-0.39, 0.29) is 47.2 Å². The number of hydrogen-bond donors (Lipinski definition) is 5. The molecule has 2 aromatic carbocycles. The number of halogens is 3. The Balaban J connectivity index is 0.000000232. The second-order valence-corrected chi connectivity index (χ2v) is 21.4. The summed E-state index contributed by atoms with van der Waals surface area (Å²) in [5.41, 5.74) is 2.65. The minimum atomic E-state index is -0.500. The number of fused-ring (bicyclic) bond motifs is 2. The number of phenolic OH excluding ortho intramolecular Hbond substituents is 1. The standard InChI is InChI=1S/C26H34ClN5O4S.C15H14ClN3O2S.C7H14BrN.CH4/c1-16(2)28-24-30-19(15-37-24)18-14-20(33)17-6-7-21(22(27)23(17)29-18)35-13-12-31-8-10-32(11-9-31)25(34)36-26(3,4)5;1-7(2)17-15-19-10(6-22-15)9-5-12(21)8-3-4-11(20)13(16)14(8)18-9;8-4-7-9-5-2-1-3-6-9;/h6-7,14-16H,8-13H2,1-5H3,(H,28,30)(H,29,33);3-7,20H,1-2H3,(H,17,19)(H,18,21);1-7H2;1H4. The average molecular weight is 1090 g/mol. The topological polar surface area (TPSA) is 181 Å². The summed E-state index contributed by atoms with van der Waals surface area (Å²) >= 11 is 19.2. The lowest BCUT2D eigenvalue weighted by Gasteiger charge is -2.35. The highest BCUT2D eigenvalue weighted by Crippen LogP contribution is 2.34. The molecule has 0 spiro atoms. The Hall–Kier alpha value is -4.43. The average Bonchev–Trinajstić information content (AvgIpc) is 3.96. The molecule has 6 heterocycles. The maximum Gasteiger partial charge on any atom is 0.410 e. The second-order valence-electron chi connectivity index (χ2n) is 18.1. The largest absolute Gasteiger partial charge is 0.506 e. The zero-order chi connectivity index (χ0) is 49.1. The van der Waals surface area contributed by atoms with Crippen molar-refractivity contribution < 1.29 is 19.4 Å². The number of benzene rings is 2. The Labute approximate surface area is 431 Å². The first kappa shape index (κ1) is 55.5. The van der Waals surface area contributed by atoms with Gasteiger partial charge in [-0.1, -0.05) is 53.0 Å². The molecular weight excluding hydrogens is 1030 g/mol. The number of hydrogen-bond acceptors (Lipinski definition) is 14. The van der Waals surface area contributed by atoms with Gasteiger partial charge in [-0.3, -0.25) is 14.5 Å². The number of aromatic amines is 2. The van der Waals surface area contributed by atoms with Crippen molar-refractivity contribution in [2.45, 2.75) is 92.8 Å². The molecule has 0 unspecified atom stereocenters. The van der Waals surface area contributed by atoms with Crippen molar-refractivity contribution in [3.05, 3.63) is 77.7 Å². The number of nitrogens with one attached hydrogen (secondary N) is 4. The summed E-state index contributed by atoms with van der Waals surface area (Å²) in [6.07, 6.45) is 3.99. The Morgan fingerprint density at radius 2 is 1.29 bits per heavy atom. The van der Waals surface area contributed by atoms with Gasteiger partial charge in [-0.25, -0.2) is 14.8 Å². The molecule has 5 N–H and O–H groups in total. The summed E-state index contributed by atoms with van der Waals surface area (Å²) in [5, 5.41) is 24.1. The van der Waals surface area contributed by atoms with Crippen molar-refractivity contribution in [3.63, 3.8) is 0 Å². The molecule has 8 rings (SSSR count). The van der Waals surface area contributed by atoms with E-state index in [2.05, 4.69) is 56.3 Å². The van der Waals surface area contributed by atoms with Gasteiger partial charge in [0, 0.05) is 90.3 Å². The number of piperazine rings is 1. The Kier molecular flexibility index (Phi) is 20.6. The fraction of sp³-hybridized carbons (Fsp3) is 0.490. The Bertz CT molecular complexity index is 2740. The van der Waals surface area contributed by atoms with Crippen molar-refractivity contribution in [1.29, 1.82) is 0 Å². The molecule has 2 aliphatic heterocycles. The van der Waals surface area contributed by atoms with Crippen LogP contribution in [0.5, 0.6) is 11.5 Å². The Morgan fingerprint density at radius 1 is 0.783 bits per heavy atom. The number of likely N-dealkylation sites (tertiary alicyclic amines) is 1. The highest BCUT2D eigenvalue weighted by Gasteiger charge is 2.26. The third kappa shape index (κ3) is 15.8. The molecule has 0 atom stereocenters. The second kappa shape index (κ2) is 25.6. The van der Waals surface area contributed by atoms with Gasteiger partial charge in [-0.2, -0.15) is 0 Å². The zero-order valence-electron chi connectivity index (χ0n) is 39.6. The lowest BCUT2D eigenvalue weighted by atomic mass is 10.1. The summed E-state index contributed by atoms with van der Waals surface area (Å²) < 4.78 is 11.5. The molecule has 2 saturated heterocycles. The smallest absolute Gasteiger partial charge is 0.410 e. The number of pyridine rings is 2. The number of carbonyl (C=O) groups excluding carboxylic acids is 1. The molecule has 2 fully saturated rings. The molecule has 6 aromatic rings. The highest BCUT2D eigenvalue weighted by atomic mass is 79.9. The summed E-state index contributed by atoms with van der Waals surface area (Å²) in [6.45, 7) is 21.5. The number of H-pyrrole nitrogens is 2. The fourth-order valence-electron chi connectivity index (χ4n) is 7.41. The quantitative estimate of drug-likeness (QED) is 0.0733. The molecule has 2 aliphatic rings. The van der Waals surface area contributed by atoms with Crippen molar-refractivity contribution in [2.24, 2.45) is 0 Å². The number of thiazole rings is 2. The van der Waals surface area contributed by atoms with Gasteiger partial charge >= 0.3 is 6.09 Å². The predicted molar refractivity (Wildman–Crippen MR) is 291 cm³/mol. The van der Waals surface area contributed by atoms with E-state index in [1.54, 1.807) is 29.2 Å². The molecule has 376 valence electrons. The number of rotatable bonds is 12. The van der Waals surface area contributed by atoms with Gasteiger partial charge < -0.3 is 45.0 Å². The number of aromatic nitrogens is 4. The van der Waals surface area contributed by atoms with Crippen molar-refractivity contribution in [2.75, 3.05) is 74.9 Å². The van der Waals surface area contributed by atoms with Gasteiger partial charge in [-0.15, -0.1) is 22.7 Å². The summed E-state index contributed by atoms with van der Waals surface area (Å²) in [5.74, 6) is 0.442. The third-order valence-corrected chi connectivity index (χ3v) is 13.4. The van der Waals surface area contributed by atoms with Crippen molar-refractivity contribution >= 4 is 100.0 Å². The van der Waals surface area contributed by atoms with Crippen LogP contribution in [0.4, 0.5) is 15.1 Å². The van der Waals surface area contributed by atoms with Crippen LogP contribution in [-0.2, 0) is 4.74 Å². The lowest BCUT2D eigenvalue weighted by Crippen LogP contribution is -2.50. The summed E-state index contributed by atoms with van der Waals surface area (Å²) in [6, 6.07) is 9.99. The summed E-state index contributed by atoms with van der Waals surface area (Å²) in [4.78, 5) is 59.2. The number of aromatic hydroxyl groups is 1. The van der Waals surface area contributed by atoms with Crippen molar-refractivity contribution in [3.8, 4) is 34.3 Å². The first-order valence-corrected chi connectivity index (χ1v) is 26.5. The number of piperidine rings is 1. The minimum absolute atomic E-state index is 0. The van der Waals surface area contributed by atoms with E-state index in [0.717, 1.165) is 28.7 Å². The first-order chi connectivity index (χ1) is 32.4. The fourth-order valence-corrected chi connectivity index (χ4v) is 10.1. The van der Waals surface area contributed by atoms with Gasteiger partial charge in [0.1, 0.15) is 33.8 Å².